The van der Waals surface area contributed by atoms with Gasteiger partial charge in [0.2, 0.25) is 10.0 Å². The first-order valence-electron chi connectivity index (χ1n) is 6.71. The van der Waals surface area contributed by atoms with Crippen LogP contribution in [0.1, 0.15) is 23.9 Å². The molecule has 6 nitrogen and oxygen atoms in total. The molecule has 0 saturated carbocycles. The number of aromatic nitrogens is 2. The molecule has 0 aliphatic rings. The molecule has 2 aromatic rings. The Labute approximate surface area is 125 Å². The van der Waals surface area contributed by atoms with Gasteiger partial charge in [0.25, 0.3) is 0 Å². The van der Waals surface area contributed by atoms with E-state index in [-0.39, 0.29) is 4.90 Å². The molecule has 21 heavy (non-hydrogen) atoms. The first-order valence-corrected chi connectivity index (χ1v) is 8.25. The summed E-state index contributed by atoms with van der Waals surface area (Å²) in [5, 5.41) is 8.45. The average Bonchev–Trinajstić information content (AvgIpc) is 2.86. The van der Waals surface area contributed by atoms with E-state index in [9.17, 15) is 8.42 Å². The van der Waals surface area contributed by atoms with Crippen molar-refractivity contribution in [3.05, 3.63) is 41.5 Å². The number of anilines is 1. The number of imidazole rings is 1. The van der Waals surface area contributed by atoms with Gasteiger partial charge in [-0.05, 0) is 44.0 Å². The molecular formula is C14H20N4O2S. The second kappa shape index (κ2) is 5.87. The van der Waals surface area contributed by atoms with Crippen LogP contribution in [0.2, 0.25) is 0 Å². The molecule has 0 bridgehead atoms. The lowest BCUT2D eigenvalue weighted by Crippen LogP contribution is -2.14. The van der Waals surface area contributed by atoms with Crippen LogP contribution in [0, 0.1) is 13.8 Å². The van der Waals surface area contributed by atoms with Crippen molar-refractivity contribution in [1.29, 1.82) is 0 Å². The Morgan fingerprint density at radius 2 is 2.05 bits per heavy atom. The highest BCUT2D eigenvalue weighted by atomic mass is 32.2. The molecule has 0 radical (unpaired) electrons. The lowest BCUT2D eigenvalue weighted by molar-refractivity contribution is 0.597. The fourth-order valence-corrected chi connectivity index (χ4v) is 2.77. The first kappa shape index (κ1) is 15.5. The summed E-state index contributed by atoms with van der Waals surface area (Å²) >= 11 is 0. The van der Waals surface area contributed by atoms with Crippen molar-refractivity contribution in [3.63, 3.8) is 0 Å². The Hall–Kier alpha value is -1.86. The van der Waals surface area contributed by atoms with E-state index in [1.54, 1.807) is 18.3 Å². The zero-order valence-electron chi connectivity index (χ0n) is 12.4. The van der Waals surface area contributed by atoms with Crippen LogP contribution in [0.4, 0.5) is 5.69 Å². The standard InChI is InChI=1S/C14H20N4O2S/c1-4-18-6-5-16-14(18)9-17-13-8-12(21(15,19)20)7-10(2)11(13)3/h5-8,17H,4,9H2,1-3H3,(H2,15,19,20). The van der Waals surface area contributed by atoms with Crippen LogP contribution in [0.5, 0.6) is 0 Å². The van der Waals surface area contributed by atoms with Gasteiger partial charge in [0.05, 0.1) is 11.4 Å². The normalized spacial score (nSPS) is 11.6. The predicted molar refractivity (Wildman–Crippen MR) is 82.5 cm³/mol. The van der Waals surface area contributed by atoms with Gasteiger partial charge in [-0.15, -0.1) is 0 Å². The number of nitrogens with two attached hydrogens (primary N) is 1. The van der Waals surface area contributed by atoms with Crippen molar-refractivity contribution in [1.82, 2.24) is 9.55 Å². The number of hydrogen-bond acceptors (Lipinski definition) is 4. The SMILES string of the molecule is CCn1ccnc1CNc1cc(S(N)(=O)=O)cc(C)c1C. The molecule has 0 fully saturated rings. The minimum absolute atomic E-state index is 0.118. The Morgan fingerprint density at radius 1 is 1.33 bits per heavy atom. The molecule has 0 unspecified atom stereocenters. The van der Waals surface area contributed by atoms with Crippen LogP contribution in [0.15, 0.2) is 29.4 Å². The highest BCUT2D eigenvalue weighted by Gasteiger charge is 2.13. The van der Waals surface area contributed by atoms with Gasteiger partial charge in [0.15, 0.2) is 0 Å². The predicted octanol–water partition coefficient (Wildman–Crippen LogP) is 1.78. The van der Waals surface area contributed by atoms with E-state index in [0.717, 1.165) is 29.2 Å². The van der Waals surface area contributed by atoms with E-state index < -0.39 is 10.0 Å². The van der Waals surface area contributed by atoms with Crippen LogP contribution >= 0.6 is 0 Å². The van der Waals surface area contributed by atoms with Gasteiger partial charge in [-0.3, -0.25) is 0 Å². The van der Waals surface area contributed by atoms with E-state index in [4.69, 9.17) is 5.14 Å². The van der Waals surface area contributed by atoms with Crippen LogP contribution in [-0.4, -0.2) is 18.0 Å². The monoisotopic (exact) mass is 308 g/mol. The van der Waals surface area contributed by atoms with Crippen molar-refractivity contribution in [3.8, 4) is 0 Å². The molecule has 1 heterocycles. The minimum Gasteiger partial charge on any atom is -0.378 e. The molecule has 2 rings (SSSR count). The quantitative estimate of drug-likeness (QED) is 0.881. The summed E-state index contributed by atoms with van der Waals surface area (Å²) in [4.78, 5) is 4.40. The van der Waals surface area contributed by atoms with Crippen LogP contribution in [0.25, 0.3) is 0 Å². The van der Waals surface area contributed by atoms with Gasteiger partial charge in [0.1, 0.15) is 5.82 Å². The van der Waals surface area contributed by atoms with Crippen molar-refractivity contribution >= 4 is 15.7 Å². The molecule has 0 aliphatic carbocycles. The van der Waals surface area contributed by atoms with Gasteiger partial charge in [-0.1, -0.05) is 0 Å². The lowest BCUT2D eigenvalue weighted by Gasteiger charge is -2.14. The number of nitrogens with zero attached hydrogens (tertiary/aromatic N) is 2. The van der Waals surface area contributed by atoms with Gasteiger partial charge in [-0.2, -0.15) is 0 Å². The van der Waals surface area contributed by atoms with E-state index >= 15 is 0 Å². The molecule has 3 N–H and O–H groups in total. The van der Waals surface area contributed by atoms with Gasteiger partial charge in [-0.25, -0.2) is 18.5 Å². The summed E-state index contributed by atoms with van der Waals surface area (Å²) in [5.41, 5.74) is 2.63. The highest BCUT2D eigenvalue weighted by Crippen LogP contribution is 2.24. The molecule has 1 aromatic carbocycles. The number of hydrogen-bond donors (Lipinski definition) is 2. The minimum atomic E-state index is -3.71. The molecule has 1 aromatic heterocycles. The fraction of sp³-hybridized carbons (Fsp3) is 0.357. The zero-order chi connectivity index (χ0) is 15.6. The topological polar surface area (TPSA) is 90.0 Å². The van der Waals surface area contributed by atoms with Crippen molar-refractivity contribution < 1.29 is 8.42 Å². The molecule has 0 amide bonds. The smallest absolute Gasteiger partial charge is 0.238 e. The van der Waals surface area contributed by atoms with E-state index in [0.29, 0.717) is 6.54 Å². The summed E-state index contributed by atoms with van der Waals surface area (Å²) in [6.07, 6.45) is 3.66. The van der Waals surface area contributed by atoms with Crippen LogP contribution in [-0.2, 0) is 23.1 Å². The maximum Gasteiger partial charge on any atom is 0.238 e. The maximum atomic E-state index is 11.5. The van der Waals surface area contributed by atoms with E-state index in [1.807, 2.05) is 31.5 Å². The number of sulfonamides is 1. The number of rotatable bonds is 5. The van der Waals surface area contributed by atoms with E-state index in [2.05, 4.69) is 10.3 Å². The van der Waals surface area contributed by atoms with E-state index in [1.165, 1.54) is 0 Å². The van der Waals surface area contributed by atoms with Crippen molar-refractivity contribution in [2.45, 2.75) is 38.8 Å². The number of primary sulfonamides is 1. The van der Waals surface area contributed by atoms with Crippen LogP contribution < -0.4 is 10.5 Å². The summed E-state index contributed by atoms with van der Waals surface area (Å²) < 4.78 is 25.1. The highest BCUT2D eigenvalue weighted by molar-refractivity contribution is 7.89. The fourth-order valence-electron chi connectivity index (χ4n) is 2.14. The number of aryl methyl sites for hydroxylation is 2. The summed E-state index contributed by atoms with van der Waals surface area (Å²) in [6.45, 7) is 7.21. The van der Waals surface area contributed by atoms with Crippen LogP contribution in [0.3, 0.4) is 0 Å². The molecule has 0 saturated heterocycles. The Morgan fingerprint density at radius 3 is 2.67 bits per heavy atom. The number of benzene rings is 1. The second-order valence-corrected chi connectivity index (χ2v) is 6.50. The molecule has 114 valence electrons. The molecule has 0 aliphatic heterocycles. The molecule has 7 heteroatoms. The summed E-state index contributed by atoms with van der Waals surface area (Å²) in [5.74, 6) is 0.899. The largest absolute Gasteiger partial charge is 0.378 e. The third-order valence-electron chi connectivity index (χ3n) is 3.55. The summed E-state index contributed by atoms with van der Waals surface area (Å²) in [7, 11) is -3.71. The maximum absolute atomic E-state index is 11.5. The van der Waals surface area contributed by atoms with Crippen molar-refractivity contribution in [2.75, 3.05) is 5.32 Å². The zero-order valence-corrected chi connectivity index (χ0v) is 13.2. The average molecular weight is 308 g/mol. The Bertz CT molecular complexity index is 750. The third kappa shape index (κ3) is 3.43. The van der Waals surface area contributed by atoms with Crippen molar-refractivity contribution in [2.24, 2.45) is 5.14 Å². The molecule has 0 atom stereocenters. The lowest BCUT2D eigenvalue weighted by atomic mass is 10.1. The van der Waals surface area contributed by atoms with Gasteiger partial charge >= 0.3 is 0 Å². The first-order chi connectivity index (χ1) is 9.82. The Kier molecular flexibility index (Phi) is 4.34. The van der Waals surface area contributed by atoms with Gasteiger partial charge in [0, 0.05) is 24.6 Å². The third-order valence-corrected chi connectivity index (χ3v) is 4.44. The molecular weight excluding hydrogens is 288 g/mol. The van der Waals surface area contributed by atoms with Gasteiger partial charge < -0.3 is 9.88 Å². The second-order valence-electron chi connectivity index (χ2n) is 4.94. The summed E-state index contributed by atoms with van der Waals surface area (Å²) in [6, 6.07) is 3.15. The molecule has 0 spiro atoms. The Balaban J connectivity index is 2.30. The number of nitrogens with one attached hydrogen (secondary N) is 1.